The molecule has 0 aromatic rings. The SMILES string of the molecule is CC(C)CC(NC(=O)[C@@H]1[C@@H]2[C@H](CN1C(=O)[C@@H](NC(=O)OC(C)(C)C)C1CCCCC1)C2(C)C)C(=O)C(=O)O. The third-order valence-corrected chi connectivity index (χ3v) is 8.37. The van der Waals surface area contributed by atoms with E-state index < -0.39 is 47.5 Å². The molecule has 0 bridgehead atoms. The Morgan fingerprint density at radius 1 is 1.03 bits per heavy atom. The second kappa shape index (κ2) is 11.2. The molecular weight excluding hydrogens is 490 g/mol. The summed E-state index contributed by atoms with van der Waals surface area (Å²) in [5.74, 6) is -3.61. The predicted molar refractivity (Wildman–Crippen MR) is 140 cm³/mol. The summed E-state index contributed by atoms with van der Waals surface area (Å²) in [5.41, 5.74) is -0.893. The van der Waals surface area contributed by atoms with Gasteiger partial charge in [-0.05, 0) is 69.1 Å². The van der Waals surface area contributed by atoms with Crippen LogP contribution in [0.5, 0.6) is 0 Å². The van der Waals surface area contributed by atoms with Crippen LogP contribution in [0.25, 0.3) is 0 Å². The Bertz CT molecular complexity index is 949. The van der Waals surface area contributed by atoms with Gasteiger partial charge < -0.3 is 25.4 Å². The van der Waals surface area contributed by atoms with Gasteiger partial charge in [-0.15, -0.1) is 0 Å². The zero-order valence-electron chi connectivity index (χ0n) is 23.8. The van der Waals surface area contributed by atoms with Crippen molar-refractivity contribution in [3.63, 3.8) is 0 Å². The molecule has 3 N–H and O–H groups in total. The normalized spacial score (nSPS) is 26.2. The van der Waals surface area contributed by atoms with E-state index in [0.29, 0.717) is 6.54 Å². The van der Waals surface area contributed by atoms with Crippen LogP contribution in [0.2, 0.25) is 0 Å². The fraction of sp³-hybridized carbons (Fsp3) is 0.821. The maximum absolute atomic E-state index is 14.1. The van der Waals surface area contributed by atoms with Gasteiger partial charge in [0.15, 0.2) is 0 Å². The average molecular weight is 536 g/mol. The highest BCUT2D eigenvalue weighted by Crippen LogP contribution is 2.65. The highest BCUT2D eigenvalue weighted by Gasteiger charge is 2.69. The van der Waals surface area contributed by atoms with E-state index in [1.54, 1.807) is 25.7 Å². The smallest absolute Gasteiger partial charge is 0.408 e. The van der Waals surface area contributed by atoms with Crippen molar-refractivity contribution in [2.45, 2.75) is 111 Å². The summed E-state index contributed by atoms with van der Waals surface area (Å²) < 4.78 is 5.45. The summed E-state index contributed by atoms with van der Waals surface area (Å²) in [6.45, 7) is 13.4. The number of carboxylic acids is 1. The molecule has 0 aromatic carbocycles. The van der Waals surface area contributed by atoms with Gasteiger partial charge in [-0.3, -0.25) is 14.4 Å². The fourth-order valence-corrected chi connectivity index (χ4v) is 6.38. The summed E-state index contributed by atoms with van der Waals surface area (Å²) in [6.07, 6.45) is 4.08. The largest absolute Gasteiger partial charge is 0.475 e. The van der Waals surface area contributed by atoms with Gasteiger partial charge in [-0.1, -0.05) is 47.0 Å². The quantitative estimate of drug-likeness (QED) is 0.385. The minimum absolute atomic E-state index is 0.0243. The molecule has 1 unspecified atom stereocenters. The van der Waals surface area contributed by atoms with Crippen LogP contribution in [-0.4, -0.2) is 69.9 Å². The third kappa shape index (κ3) is 6.67. The Balaban J connectivity index is 1.86. The van der Waals surface area contributed by atoms with Crippen LogP contribution in [-0.2, 0) is 23.9 Å². The summed E-state index contributed by atoms with van der Waals surface area (Å²) in [7, 11) is 0. The number of likely N-dealkylation sites (tertiary alicyclic amines) is 1. The van der Waals surface area contributed by atoms with Gasteiger partial charge in [-0.2, -0.15) is 0 Å². The van der Waals surface area contributed by atoms with Crippen molar-refractivity contribution in [2.75, 3.05) is 6.54 Å². The number of ketones is 1. The molecule has 2 aliphatic carbocycles. The number of ether oxygens (including phenoxy) is 1. The minimum atomic E-state index is -1.60. The van der Waals surface area contributed by atoms with Gasteiger partial charge in [0, 0.05) is 6.54 Å². The van der Waals surface area contributed by atoms with Crippen molar-refractivity contribution in [3.8, 4) is 0 Å². The Morgan fingerprint density at radius 3 is 2.16 bits per heavy atom. The Morgan fingerprint density at radius 2 is 1.63 bits per heavy atom. The van der Waals surface area contributed by atoms with Gasteiger partial charge in [-0.25, -0.2) is 9.59 Å². The highest BCUT2D eigenvalue weighted by molar-refractivity contribution is 6.35. The number of fused-ring (bicyclic) bond motifs is 1. The van der Waals surface area contributed by atoms with Crippen molar-refractivity contribution in [1.82, 2.24) is 15.5 Å². The van der Waals surface area contributed by atoms with Crippen molar-refractivity contribution >= 4 is 29.7 Å². The second-order valence-corrected chi connectivity index (χ2v) is 13.3. The number of carbonyl (C=O) groups is 5. The van der Waals surface area contributed by atoms with E-state index in [1.165, 1.54) is 0 Å². The van der Waals surface area contributed by atoms with Crippen LogP contribution < -0.4 is 10.6 Å². The number of hydrogen-bond acceptors (Lipinski definition) is 6. The summed E-state index contributed by atoms with van der Waals surface area (Å²) in [4.78, 5) is 65.8. The number of carboxylic acid groups (broad SMARTS) is 1. The number of rotatable bonds is 9. The number of amides is 3. The molecule has 5 atom stereocenters. The van der Waals surface area contributed by atoms with E-state index in [1.807, 2.05) is 13.8 Å². The number of Topliss-reactive ketones (excluding diaryl/α,β-unsaturated/α-hetero) is 1. The molecule has 3 rings (SSSR count). The van der Waals surface area contributed by atoms with Crippen LogP contribution in [0.3, 0.4) is 0 Å². The maximum atomic E-state index is 14.1. The molecule has 3 aliphatic rings. The molecule has 214 valence electrons. The molecule has 0 radical (unpaired) electrons. The number of carbonyl (C=O) groups excluding carboxylic acids is 4. The lowest BCUT2D eigenvalue weighted by Crippen LogP contribution is -2.59. The van der Waals surface area contributed by atoms with Crippen LogP contribution in [0, 0.1) is 29.1 Å². The summed E-state index contributed by atoms with van der Waals surface area (Å²) in [6, 6.07) is -2.84. The molecule has 10 heteroatoms. The number of nitrogens with zero attached hydrogens (tertiary/aromatic N) is 1. The fourth-order valence-electron chi connectivity index (χ4n) is 6.38. The van der Waals surface area contributed by atoms with E-state index >= 15 is 0 Å². The molecule has 2 saturated carbocycles. The van der Waals surface area contributed by atoms with Crippen molar-refractivity contribution in [2.24, 2.45) is 29.1 Å². The highest BCUT2D eigenvalue weighted by atomic mass is 16.6. The van der Waals surface area contributed by atoms with Crippen molar-refractivity contribution < 1.29 is 33.8 Å². The molecule has 38 heavy (non-hydrogen) atoms. The lowest BCUT2D eigenvalue weighted by Gasteiger charge is -2.37. The molecule has 1 saturated heterocycles. The Labute approximate surface area is 225 Å². The monoisotopic (exact) mass is 535 g/mol. The molecule has 0 aromatic heterocycles. The van der Waals surface area contributed by atoms with E-state index in [0.717, 1.165) is 32.1 Å². The van der Waals surface area contributed by atoms with E-state index in [9.17, 15) is 29.1 Å². The average Bonchev–Trinajstić information content (AvgIpc) is 3.14. The molecule has 10 nitrogen and oxygen atoms in total. The zero-order valence-corrected chi connectivity index (χ0v) is 23.8. The Hall–Kier alpha value is -2.65. The molecule has 0 spiro atoms. The molecular formula is C28H45N3O7. The lowest BCUT2D eigenvalue weighted by molar-refractivity contribution is -0.151. The first-order chi connectivity index (χ1) is 17.5. The predicted octanol–water partition coefficient (Wildman–Crippen LogP) is 3.13. The molecule has 1 heterocycles. The second-order valence-electron chi connectivity index (χ2n) is 13.3. The van der Waals surface area contributed by atoms with E-state index in [-0.39, 0.29) is 41.4 Å². The van der Waals surface area contributed by atoms with Gasteiger partial charge in [0.25, 0.3) is 5.78 Å². The van der Waals surface area contributed by atoms with Gasteiger partial charge in [0.05, 0.1) is 6.04 Å². The maximum Gasteiger partial charge on any atom is 0.408 e. The van der Waals surface area contributed by atoms with Crippen LogP contribution >= 0.6 is 0 Å². The summed E-state index contributed by atoms with van der Waals surface area (Å²) in [5, 5.41) is 14.8. The number of hydrogen-bond donors (Lipinski definition) is 3. The molecule has 3 amide bonds. The summed E-state index contributed by atoms with van der Waals surface area (Å²) >= 11 is 0. The van der Waals surface area contributed by atoms with Crippen molar-refractivity contribution in [1.29, 1.82) is 0 Å². The third-order valence-electron chi connectivity index (χ3n) is 8.37. The minimum Gasteiger partial charge on any atom is -0.475 e. The van der Waals surface area contributed by atoms with Crippen LogP contribution in [0.15, 0.2) is 0 Å². The van der Waals surface area contributed by atoms with E-state index in [4.69, 9.17) is 4.74 Å². The van der Waals surface area contributed by atoms with Crippen LogP contribution in [0.4, 0.5) is 4.79 Å². The lowest BCUT2D eigenvalue weighted by atomic mass is 9.83. The van der Waals surface area contributed by atoms with E-state index in [2.05, 4.69) is 24.5 Å². The van der Waals surface area contributed by atoms with Gasteiger partial charge in [0.1, 0.15) is 17.7 Å². The number of piperidine rings is 1. The molecule has 1 aliphatic heterocycles. The molecule has 3 fully saturated rings. The first-order valence-electron chi connectivity index (χ1n) is 13.9. The van der Waals surface area contributed by atoms with Gasteiger partial charge in [0.2, 0.25) is 11.8 Å². The number of nitrogens with one attached hydrogen (secondary N) is 2. The number of aliphatic carboxylic acids is 1. The van der Waals surface area contributed by atoms with Crippen molar-refractivity contribution in [3.05, 3.63) is 0 Å². The standard InChI is InChI=1S/C28H45N3O7/c1-15(2)13-18(22(32)25(35)36)29-23(33)21-19-17(28(19,6)7)14-31(21)24(34)20(16-11-9-8-10-12-16)30-26(37)38-27(3,4)5/h15-21H,8-14H2,1-7H3,(H,29,33)(H,30,37)(H,35,36)/t17-,18?,19-,20-,21-/m0/s1. The number of alkyl carbamates (subject to hydrolysis) is 1. The zero-order chi connectivity index (χ0) is 28.6. The topological polar surface area (TPSA) is 142 Å². The van der Waals surface area contributed by atoms with Crippen LogP contribution in [0.1, 0.15) is 87.0 Å². The Kier molecular flexibility index (Phi) is 8.83. The first kappa shape index (κ1) is 29.9. The first-order valence-corrected chi connectivity index (χ1v) is 13.9. The van der Waals surface area contributed by atoms with Gasteiger partial charge >= 0.3 is 12.1 Å².